The van der Waals surface area contributed by atoms with Gasteiger partial charge < -0.3 is 9.47 Å². The standard InChI is InChI=1S/C11H24N2O2/c1-11(2,3)5-4-9(13-12)10-8-14-6-7-15-10/h9-10,13H,4-8,12H2,1-3H3. The van der Waals surface area contributed by atoms with Gasteiger partial charge in [0.25, 0.3) is 0 Å². The molecule has 0 aliphatic carbocycles. The summed E-state index contributed by atoms with van der Waals surface area (Å²) in [7, 11) is 0. The molecular formula is C11H24N2O2. The minimum atomic E-state index is 0.103. The van der Waals surface area contributed by atoms with Crippen LogP contribution in [-0.4, -0.2) is 32.0 Å². The molecule has 15 heavy (non-hydrogen) atoms. The van der Waals surface area contributed by atoms with E-state index in [0.29, 0.717) is 25.2 Å². The fraction of sp³-hybridized carbons (Fsp3) is 1.00. The second-order valence-corrected chi connectivity index (χ2v) is 5.36. The van der Waals surface area contributed by atoms with Gasteiger partial charge in [-0.2, -0.15) is 0 Å². The fourth-order valence-electron chi connectivity index (χ4n) is 1.70. The smallest absolute Gasteiger partial charge is 0.0975 e. The van der Waals surface area contributed by atoms with Crippen LogP contribution < -0.4 is 11.3 Å². The lowest BCUT2D eigenvalue weighted by Crippen LogP contribution is -2.49. The zero-order chi connectivity index (χ0) is 11.3. The summed E-state index contributed by atoms with van der Waals surface area (Å²) in [5.74, 6) is 5.55. The molecule has 1 saturated heterocycles. The summed E-state index contributed by atoms with van der Waals surface area (Å²) in [6.45, 7) is 8.74. The van der Waals surface area contributed by atoms with Crippen molar-refractivity contribution in [3.05, 3.63) is 0 Å². The largest absolute Gasteiger partial charge is 0.376 e. The molecule has 0 spiro atoms. The van der Waals surface area contributed by atoms with Gasteiger partial charge in [-0.15, -0.1) is 0 Å². The van der Waals surface area contributed by atoms with Crippen molar-refractivity contribution in [3.8, 4) is 0 Å². The van der Waals surface area contributed by atoms with Crippen LogP contribution in [0.25, 0.3) is 0 Å². The number of ether oxygens (including phenoxy) is 2. The number of hydrogen-bond donors (Lipinski definition) is 2. The summed E-state index contributed by atoms with van der Waals surface area (Å²) in [5, 5.41) is 0. The number of nitrogens with one attached hydrogen (secondary N) is 1. The number of rotatable bonds is 4. The van der Waals surface area contributed by atoms with Crippen LogP contribution in [0.4, 0.5) is 0 Å². The Morgan fingerprint density at radius 1 is 1.40 bits per heavy atom. The van der Waals surface area contributed by atoms with Gasteiger partial charge in [0.1, 0.15) is 0 Å². The summed E-state index contributed by atoms with van der Waals surface area (Å²) in [5.41, 5.74) is 3.18. The van der Waals surface area contributed by atoms with E-state index in [9.17, 15) is 0 Å². The van der Waals surface area contributed by atoms with Gasteiger partial charge in [0.05, 0.1) is 25.9 Å². The average molecular weight is 216 g/mol. The molecule has 2 unspecified atom stereocenters. The molecule has 2 atom stereocenters. The number of hydrazine groups is 1. The first-order valence-electron chi connectivity index (χ1n) is 5.68. The third-order valence-electron chi connectivity index (χ3n) is 2.71. The molecule has 90 valence electrons. The van der Waals surface area contributed by atoms with E-state index < -0.39 is 0 Å². The molecule has 1 rings (SSSR count). The predicted molar refractivity (Wildman–Crippen MR) is 60.4 cm³/mol. The molecule has 1 fully saturated rings. The monoisotopic (exact) mass is 216 g/mol. The Bertz CT molecular complexity index is 174. The van der Waals surface area contributed by atoms with E-state index in [1.807, 2.05) is 0 Å². The van der Waals surface area contributed by atoms with Crippen molar-refractivity contribution >= 4 is 0 Å². The van der Waals surface area contributed by atoms with E-state index >= 15 is 0 Å². The Morgan fingerprint density at radius 2 is 2.13 bits per heavy atom. The van der Waals surface area contributed by atoms with Crippen molar-refractivity contribution in [1.29, 1.82) is 0 Å². The van der Waals surface area contributed by atoms with E-state index in [0.717, 1.165) is 12.8 Å². The molecule has 4 nitrogen and oxygen atoms in total. The van der Waals surface area contributed by atoms with Gasteiger partial charge in [-0.05, 0) is 18.3 Å². The van der Waals surface area contributed by atoms with Crippen molar-refractivity contribution in [2.75, 3.05) is 19.8 Å². The van der Waals surface area contributed by atoms with Crippen LogP contribution in [0.5, 0.6) is 0 Å². The van der Waals surface area contributed by atoms with E-state index in [2.05, 4.69) is 26.2 Å². The van der Waals surface area contributed by atoms with Gasteiger partial charge in [-0.1, -0.05) is 20.8 Å². The normalized spacial score (nSPS) is 25.2. The summed E-state index contributed by atoms with van der Waals surface area (Å²) < 4.78 is 11.0. The molecule has 1 heterocycles. The first-order valence-corrected chi connectivity index (χ1v) is 5.68. The van der Waals surface area contributed by atoms with Crippen LogP contribution in [0.2, 0.25) is 0 Å². The van der Waals surface area contributed by atoms with Crippen LogP contribution in [0.3, 0.4) is 0 Å². The van der Waals surface area contributed by atoms with Crippen LogP contribution >= 0.6 is 0 Å². The van der Waals surface area contributed by atoms with Gasteiger partial charge >= 0.3 is 0 Å². The lowest BCUT2D eigenvalue weighted by Gasteiger charge is -2.31. The number of nitrogens with two attached hydrogens (primary N) is 1. The maximum Gasteiger partial charge on any atom is 0.0975 e. The second kappa shape index (κ2) is 5.80. The Morgan fingerprint density at radius 3 is 2.60 bits per heavy atom. The van der Waals surface area contributed by atoms with Gasteiger partial charge in [-0.25, -0.2) is 0 Å². The fourth-order valence-corrected chi connectivity index (χ4v) is 1.70. The summed E-state index contributed by atoms with van der Waals surface area (Å²) in [6, 6.07) is 0.199. The summed E-state index contributed by atoms with van der Waals surface area (Å²) >= 11 is 0. The molecule has 1 aliphatic heterocycles. The highest BCUT2D eigenvalue weighted by Gasteiger charge is 2.25. The second-order valence-electron chi connectivity index (χ2n) is 5.36. The van der Waals surface area contributed by atoms with Gasteiger partial charge in [0.2, 0.25) is 0 Å². The number of hydrogen-bond acceptors (Lipinski definition) is 4. The zero-order valence-corrected chi connectivity index (χ0v) is 10.1. The van der Waals surface area contributed by atoms with Crippen molar-refractivity contribution in [2.45, 2.75) is 45.8 Å². The first-order chi connectivity index (χ1) is 7.03. The van der Waals surface area contributed by atoms with Crippen molar-refractivity contribution < 1.29 is 9.47 Å². The topological polar surface area (TPSA) is 56.5 Å². The molecule has 3 N–H and O–H groups in total. The third-order valence-corrected chi connectivity index (χ3v) is 2.71. The highest BCUT2D eigenvalue weighted by atomic mass is 16.6. The molecule has 0 radical (unpaired) electrons. The van der Waals surface area contributed by atoms with Gasteiger partial charge in [0.15, 0.2) is 0 Å². The Kier molecular flexibility index (Phi) is 4.99. The SMILES string of the molecule is CC(C)(C)CCC(NN)C1COCCO1. The van der Waals surface area contributed by atoms with Crippen LogP contribution in [0.1, 0.15) is 33.6 Å². The summed E-state index contributed by atoms with van der Waals surface area (Å²) in [6.07, 6.45) is 2.25. The molecule has 0 bridgehead atoms. The molecule has 0 amide bonds. The Labute approximate surface area is 92.5 Å². The molecular weight excluding hydrogens is 192 g/mol. The van der Waals surface area contributed by atoms with E-state index in [4.69, 9.17) is 15.3 Å². The Hall–Kier alpha value is -0.160. The highest BCUT2D eigenvalue weighted by molar-refractivity contribution is 4.78. The lowest BCUT2D eigenvalue weighted by molar-refractivity contribution is -0.103. The van der Waals surface area contributed by atoms with Crippen LogP contribution in [0.15, 0.2) is 0 Å². The van der Waals surface area contributed by atoms with Gasteiger partial charge in [-0.3, -0.25) is 11.3 Å². The summed E-state index contributed by atoms with van der Waals surface area (Å²) in [4.78, 5) is 0. The highest BCUT2D eigenvalue weighted by Crippen LogP contribution is 2.23. The first kappa shape index (κ1) is 12.9. The van der Waals surface area contributed by atoms with E-state index in [1.165, 1.54) is 0 Å². The molecule has 0 saturated carbocycles. The van der Waals surface area contributed by atoms with Crippen molar-refractivity contribution in [3.63, 3.8) is 0 Å². The van der Waals surface area contributed by atoms with Crippen LogP contribution in [0, 0.1) is 5.41 Å². The van der Waals surface area contributed by atoms with E-state index in [-0.39, 0.29) is 12.1 Å². The molecule has 0 aromatic heterocycles. The average Bonchev–Trinajstić information content (AvgIpc) is 2.19. The van der Waals surface area contributed by atoms with Crippen molar-refractivity contribution in [1.82, 2.24) is 5.43 Å². The maximum atomic E-state index is 5.63. The minimum absolute atomic E-state index is 0.103. The quantitative estimate of drug-likeness (QED) is 0.545. The molecule has 0 aromatic carbocycles. The zero-order valence-electron chi connectivity index (χ0n) is 10.1. The lowest BCUT2D eigenvalue weighted by atomic mass is 9.88. The molecule has 0 aromatic rings. The van der Waals surface area contributed by atoms with E-state index in [1.54, 1.807) is 0 Å². The van der Waals surface area contributed by atoms with Gasteiger partial charge in [0, 0.05) is 6.04 Å². The van der Waals surface area contributed by atoms with Crippen LogP contribution in [-0.2, 0) is 9.47 Å². The molecule has 4 heteroatoms. The third kappa shape index (κ3) is 4.93. The van der Waals surface area contributed by atoms with Crippen molar-refractivity contribution in [2.24, 2.45) is 11.3 Å². The maximum absolute atomic E-state index is 5.63. The molecule has 1 aliphatic rings. The minimum Gasteiger partial charge on any atom is -0.376 e. The predicted octanol–water partition coefficient (Wildman–Crippen LogP) is 1.06. The Balaban J connectivity index is 2.34.